The zero-order valence-corrected chi connectivity index (χ0v) is 13.5. The van der Waals surface area contributed by atoms with Crippen LogP contribution in [0.3, 0.4) is 0 Å². The van der Waals surface area contributed by atoms with Gasteiger partial charge in [-0.25, -0.2) is 0 Å². The predicted molar refractivity (Wildman–Crippen MR) is 93.5 cm³/mol. The van der Waals surface area contributed by atoms with Gasteiger partial charge in [-0.2, -0.15) is 0 Å². The summed E-state index contributed by atoms with van der Waals surface area (Å²) in [6.45, 7) is 2.98. The maximum absolute atomic E-state index is 12.3. The highest BCUT2D eigenvalue weighted by atomic mass is 16.5. The van der Waals surface area contributed by atoms with Gasteiger partial charge in [-0.15, -0.1) is 0 Å². The Hall–Kier alpha value is -2.53. The molecule has 122 valence electrons. The van der Waals surface area contributed by atoms with E-state index < -0.39 is 0 Å². The van der Waals surface area contributed by atoms with E-state index >= 15 is 0 Å². The van der Waals surface area contributed by atoms with Crippen molar-refractivity contribution in [3.8, 4) is 0 Å². The smallest absolute Gasteiger partial charge is 0.253 e. The van der Waals surface area contributed by atoms with E-state index in [9.17, 15) is 4.79 Å². The molecule has 0 unspecified atom stereocenters. The molecule has 4 N–H and O–H groups in total. The molecule has 0 aliphatic heterocycles. The molecule has 5 nitrogen and oxygen atoms in total. The van der Waals surface area contributed by atoms with Gasteiger partial charge in [0.05, 0.1) is 12.2 Å². The van der Waals surface area contributed by atoms with Crippen molar-refractivity contribution in [2.24, 2.45) is 0 Å². The molecule has 5 heteroatoms. The zero-order valence-electron chi connectivity index (χ0n) is 13.5. The third kappa shape index (κ3) is 4.72. The number of methoxy groups -OCH3 is 1. The maximum atomic E-state index is 12.3. The van der Waals surface area contributed by atoms with Gasteiger partial charge in [0.15, 0.2) is 0 Å². The summed E-state index contributed by atoms with van der Waals surface area (Å²) in [7, 11) is 1.60. The van der Waals surface area contributed by atoms with Crippen molar-refractivity contribution in [3.05, 3.63) is 59.7 Å². The number of hydrogen-bond acceptors (Lipinski definition) is 4. The van der Waals surface area contributed by atoms with Crippen molar-refractivity contribution < 1.29 is 9.53 Å². The van der Waals surface area contributed by atoms with E-state index in [4.69, 9.17) is 10.5 Å². The van der Waals surface area contributed by atoms with Gasteiger partial charge in [0, 0.05) is 31.1 Å². The molecule has 0 aliphatic rings. The molecule has 0 aliphatic carbocycles. The highest BCUT2D eigenvalue weighted by molar-refractivity contribution is 6.00. The summed E-state index contributed by atoms with van der Waals surface area (Å²) in [4.78, 5) is 12.3. The van der Waals surface area contributed by atoms with E-state index in [1.165, 1.54) is 0 Å². The molecular weight excluding hydrogens is 290 g/mol. The molecule has 2 rings (SSSR count). The van der Waals surface area contributed by atoms with Gasteiger partial charge in [-0.05, 0) is 30.7 Å². The fourth-order valence-electron chi connectivity index (χ4n) is 2.30. The lowest BCUT2D eigenvalue weighted by atomic mass is 10.1. The third-order valence-electron chi connectivity index (χ3n) is 3.55. The fraction of sp³-hybridized carbons (Fsp3) is 0.278. The van der Waals surface area contributed by atoms with Crippen LogP contribution in [0.15, 0.2) is 48.5 Å². The van der Waals surface area contributed by atoms with Crippen molar-refractivity contribution in [3.63, 3.8) is 0 Å². The number of benzene rings is 2. The number of rotatable bonds is 7. The topological polar surface area (TPSA) is 76.4 Å². The second-order valence-electron chi connectivity index (χ2n) is 5.33. The number of amides is 1. The van der Waals surface area contributed by atoms with E-state index in [2.05, 4.69) is 17.6 Å². The van der Waals surface area contributed by atoms with E-state index in [0.29, 0.717) is 24.4 Å². The van der Waals surface area contributed by atoms with Crippen molar-refractivity contribution in [2.45, 2.75) is 13.0 Å². The standard InChI is InChI=1S/C18H23N3O2/c1-13(14-6-4-3-5-7-14)21-17-9-8-15(19)12-16(17)18(22)20-10-11-23-2/h3-9,12-13,21H,10-11,19H2,1-2H3,(H,20,22)/t13-/m0/s1. The number of carbonyl (C=O) groups excluding carboxylic acids is 1. The first-order chi connectivity index (χ1) is 11.1. The number of carbonyl (C=O) groups is 1. The van der Waals surface area contributed by atoms with Crippen LogP contribution in [0.25, 0.3) is 0 Å². The molecule has 0 radical (unpaired) electrons. The molecule has 1 amide bonds. The highest BCUT2D eigenvalue weighted by Crippen LogP contribution is 2.24. The Balaban J connectivity index is 2.16. The Morgan fingerprint density at radius 3 is 2.65 bits per heavy atom. The van der Waals surface area contributed by atoms with E-state index in [1.54, 1.807) is 19.2 Å². The largest absolute Gasteiger partial charge is 0.399 e. The van der Waals surface area contributed by atoms with Crippen LogP contribution < -0.4 is 16.4 Å². The predicted octanol–water partition coefficient (Wildman–Crippen LogP) is 2.82. The van der Waals surface area contributed by atoms with Crippen LogP contribution in [0.1, 0.15) is 28.9 Å². The van der Waals surface area contributed by atoms with Crippen LogP contribution in [0, 0.1) is 0 Å². The van der Waals surface area contributed by atoms with Crippen LogP contribution in [0.5, 0.6) is 0 Å². The van der Waals surface area contributed by atoms with Gasteiger partial charge < -0.3 is 21.1 Å². The second-order valence-corrected chi connectivity index (χ2v) is 5.33. The van der Waals surface area contributed by atoms with Gasteiger partial charge >= 0.3 is 0 Å². The van der Waals surface area contributed by atoms with Crippen molar-refractivity contribution in [1.82, 2.24) is 5.32 Å². The number of nitrogens with one attached hydrogen (secondary N) is 2. The van der Waals surface area contributed by atoms with E-state index in [1.807, 2.05) is 36.4 Å². The number of hydrogen-bond donors (Lipinski definition) is 3. The first-order valence-electron chi connectivity index (χ1n) is 7.60. The fourth-order valence-corrected chi connectivity index (χ4v) is 2.30. The SMILES string of the molecule is COCCNC(=O)c1cc(N)ccc1N[C@@H](C)c1ccccc1. The molecule has 1 atom stereocenters. The summed E-state index contributed by atoms with van der Waals surface area (Å²) >= 11 is 0. The monoisotopic (exact) mass is 313 g/mol. The highest BCUT2D eigenvalue weighted by Gasteiger charge is 2.14. The molecule has 0 heterocycles. The third-order valence-corrected chi connectivity index (χ3v) is 3.55. The summed E-state index contributed by atoms with van der Waals surface area (Å²) in [6, 6.07) is 15.4. The van der Waals surface area contributed by atoms with Crippen molar-refractivity contribution in [2.75, 3.05) is 31.3 Å². The quantitative estimate of drug-likeness (QED) is 0.543. The lowest BCUT2D eigenvalue weighted by molar-refractivity contribution is 0.0938. The Morgan fingerprint density at radius 1 is 1.22 bits per heavy atom. The minimum Gasteiger partial charge on any atom is -0.399 e. The van der Waals surface area contributed by atoms with Gasteiger partial charge in [-0.1, -0.05) is 30.3 Å². The lowest BCUT2D eigenvalue weighted by Crippen LogP contribution is -2.28. The number of nitrogens with two attached hydrogens (primary N) is 1. The van der Waals surface area contributed by atoms with Gasteiger partial charge in [-0.3, -0.25) is 4.79 Å². The molecule has 2 aromatic carbocycles. The lowest BCUT2D eigenvalue weighted by Gasteiger charge is -2.19. The normalized spacial score (nSPS) is 11.7. The average Bonchev–Trinajstić information content (AvgIpc) is 2.57. The molecule has 0 saturated heterocycles. The second kappa shape index (κ2) is 8.19. The molecule has 0 bridgehead atoms. The number of anilines is 2. The minimum absolute atomic E-state index is 0.0744. The molecular formula is C18H23N3O2. The first kappa shape index (κ1) is 16.8. The Bertz CT molecular complexity index is 644. The summed E-state index contributed by atoms with van der Waals surface area (Å²) in [5, 5.41) is 6.20. The Morgan fingerprint density at radius 2 is 1.96 bits per heavy atom. The van der Waals surface area contributed by atoms with Gasteiger partial charge in [0.25, 0.3) is 5.91 Å². The summed E-state index contributed by atoms with van der Waals surface area (Å²) in [6.07, 6.45) is 0. The summed E-state index contributed by atoms with van der Waals surface area (Å²) in [5.41, 5.74) is 8.82. The number of ether oxygens (including phenoxy) is 1. The molecule has 0 saturated carbocycles. The number of nitrogen functional groups attached to an aromatic ring is 1. The van der Waals surface area contributed by atoms with Crippen LogP contribution >= 0.6 is 0 Å². The summed E-state index contributed by atoms with van der Waals surface area (Å²) < 4.78 is 4.95. The summed E-state index contributed by atoms with van der Waals surface area (Å²) in [5.74, 6) is -0.169. The van der Waals surface area contributed by atoms with Gasteiger partial charge in [0.1, 0.15) is 0 Å². The molecule has 0 spiro atoms. The van der Waals surface area contributed by atoms with Gasteiger partial charge in [0.2, 0.25) is 0 Å². The van der Waals surface area contributed by atoms with Crippen LogP contribution in [0.2, 0.25) is 0 Å². The van der Waals surface area contributed by atoms with Crippen LogP contribution in [0.4, 0.5) is 11.4 Å². The van der Waals surface area contributed by atoms with Crippen LogP contribution in [-0.2, 0) is 4.74 Å². The maximum Gasteiger partial charge on any atom is 0.253 e. The minimum atomic E-state index is -0.169. The average molecular weight is 313 g/mol. The first-order valence-corrected chi connectivity index (χ1v) is 7.60. The Labute approximate surface area is 136 Å². The zero-order chi connectivity index (χ0) is 16.7. The molecule has 23 heavy (non-hydrogen) atoms. The Kier molecular flexibility index (Phi) is 6.00. The van der Waals surface area contributed by atoms with E-state index in [-0.39, 0.29) is 11.9 Å². The van der Waals surface area contributed by atoms with Crippen molar-refractivity contribution in [1.29, 1.82) is 0 Å². The van der Waals surface area contributed by atoms with Crippen LogP contribution in [-0.4, -0.2) is 26.2 Å². The molecule has 0 aromatic heterocycles. The molecule has 2 aromatic rings. The van der Waals surface area contributed by atoms with Crippen molar-refractivity contribution >= 4 is 17.3 Å². The van der Waals surface area contributed by atoms with E-state index in [0.717, 1.165) is 11.3 Å². The molecule has 0 fully saturated rings.